The highest BCUT2D eigenvalue weighted by Gasteiger charge is 2.04. The van der Waals surface area contributed by atoms with E-state index in [1.807, 2.05) is 12.1 Å². The van der Waals surface area contributed by atoms with Crippen LogP contribution in [0.4, 0.5) is 0 Å². The summed E-state index contributed by atoms with van der Waals surface area (Å²) in [6.45, 7) is 5.20. The highest BCUT2D eigenvalue weighted by Crippen LogP contribution is 2.19. The van der Waals surface area contributed by atoms with Gasteiger partial charge in [0.15, 0.2) is 0 Å². The van der Waals surface area contributed by atoms with E-state index < -0.39 is 0 Å². The van der Waals surface area contributed by atoms with Gasteiger partial charge >= 0.3 is 0 Å². The molecular weight excluding hydrogens is 168 g/mol. The maximum absolute atomic E-state index is 8.41. The van der Waals surface area contributed by atoms with Gasteiger partial charge in [0.25, 0.3) is 0 Å². The first-order chi connectivity index (χ1) is 6.27. The van der Waals surface area contributed by atoms with Crippen molar-refractivity contribution in [2.75, 3.05) is 0 Å². The van der Waals surface area contributed by atoms with Crippen molar-refractivity contribution in [3.8, 4) is 5.75 Å². The number of hydrogen-bond acceptors (Lipinski definition) is 3. The summed E-state index contributed by atoms with van der Waals surface area (Å²) in [6.07, 6.45) is 1.04. The molecule has 0 aromatic heterocycles. The van der Waals surface area contributed by atoms with Crippen molar-refractivity contribution in [3.63, 3.8) is 0 Å². The van der Waals surface area contributed by atoms with Gasteiger partial charge in [0.05, 0.1) is 6.26 Å². The molecule has 13 heavy (non-hydrogen) atoms. The van der Waals surface area contributed by atoms with Crippen LogP contribution < -0.4 is 4.74 Å². The fourth-order valence-electron chi connectivity index (χ4n) is 0.974. The van der Waals surface area contributed by atoms with Gasteiger partial charge in [-0.1, -0.05) is 18.7 Å². The molecule has 0 fully saturated rings. The lowest BCUT2D eigenvalue weighted by Crippen LogP contribution is -1.95. The summed E-state index contributed by atoms with van der Waals surface area (Å²) in [5.41, 5.74) is 0.888. The van der Waals surface area contributed by atoms with Crippen LogP contribution in [0.3, 0.4) is 0 Å². The molecule has 3 heteroatoms. The maximum Gasteiger partial charge on any atom is 0.126 e. The molecule has 70 valence electrons. The summed E-state index contributed by atoms with van der Waals surface area (Å²) in [5, 5.41) is 8.41. The van der Waals surface area contributed by atoms with Gasteiger partial charge in [0, 0.05) is 0 Å². The maximum atomic E-state index is 8.41. The first-order valence-corrected chi connectivity index (χ1v) is 3.95. The summed E-state index contributed by atoms with van der Waals surface area (Å²) < 4.78 is 5.03. The van der Waals surface area contributed by atoms with Gasteiger partial charge in [-0.05, 0) is 24.6 Å². The second-order valence-electron chi connectivity index (χ2n) is 2.60. The summed E-state index contributed by atoms with van der Waals surface area (Å²) >= 11 is 0. The fraction of sp³-hybridized carbons (Fsp3) is 0.200. The fourth-order valence-corrected chi connectivity index (χ4v) is 0.974. The Morgan fingerprint density at radius 3 is 2.46 bits per heavy atom. The van der Waals surface area contributed by atoms with Gasteiger partial charge in [-0.15, -0.1) is 0 Å². The molecule has 0 spiro atoms. The molecule has 1 unspecified atom stereocenters. The second-order valence-corrected chi connectivity index (χ2v) is 2.60. The van der Waals surface area contributed by atoms with Gasteiger partial charge in [0.1, 0.15) is 11.9 Å². The average molecular weight is 180 g/mol. The molecule has 3 nitrogen and oxygen atoms in total. The Hall–Kier alpha value is -1.32. The number of ether oxygens (including phenoxy) is 1. The van der Waals surface area contributed by atoms with E-state index in [1.54, 1.807) is 19.1 Å². The van der Waals surface area contributed by atoms with Crippen LogP contribution >= 0.6 is 0 Å². The molecule has 0 saturated heterocycles. The third-order valence-corrected chi connectivity index (χ3v) is 1.73. The number of hydrogen-bond donors (Lipinski definition) is 1. The van der Waals surface area contributed by atoms with Crippen molar-refractivity contribution >= 4 is 0 Å². The summed E-state index contributed by atoms with van der Waals surface area (Å²) in [6, 6.07) is 7.21. The zero-order valence-corrected chi connectivity index (χ0v) is 7.43. The lowest BCUT2D eigenvalue weighted by Gasteiger charge is -2.07. The summed E-state index contributed by atoms with van der Waals surface area (Å²) in [4.78, 5) is 4.18. The zero-order valence-electron chi connectivity index (χ0n) is 7.43. The third-order valence-electron chi connectivity index (χ3n) is 1.73. The van der Waals surface area contributed by atoms with E-state index in [4.69, 9.17) is 9.99 Å². The van der Waals surface area contributed by atoms with Crippen molar-refractivity contribution in [2.45, 2.75) is 13.0 Å². The molecule has 0 aliphatic heterocycles. The van der Waals surface area contributed by atoms with Crippen molar-refractivity contribution in [3.05, 3.63) is 42.7 Å². The summed E-state index contributed by atoms with van der Waals surface area (Å²) in [7, 11) is 0. The lowest BCUT2D eigenvalue weighted by molar-refractivity contribution is -0.277. The van der Waals surface area contributed by atoms with Crippen molar-refractivity contribution in [1.82, 2.24) is 0 Å². The van der Waals surface area contributed by atoms with Crippen LogP contribution in [0.1, 0.15) is 18.6 Å². The minimum Gasteiger partial charge on any atom is -0.466 e. The Morgan fingerprint density at radius 2 is 2.00 bits per heavy atom. The van der Waals surface area contributed by atoms with Crippen molar-refractivity contribution in [1.29, 1.82) is 0 Å². The largest absolute Gasteiger partial charge is 0.466 e. The van der Waals surface area contributed by atoms with E-state index in [0.717, 1.165) is 5.56 Å². The number of benzene rings is 1. The van der Waals surface area contributed by atoms with E-state index in [-0.39, 0.29) is 6.10 Å². The van der Waals surface area contributed by atoms with E-state index >= 15 is 0 Å². The third kappa shape index (κ3) is 2.57. The molecule has 0 bridgehead atoms. The normalized spacial score (nSPS) is 12.2. The van der Waals surface area contributed by atoms with Crippen LogP contribution in [-0.4, -0.2) is 5.26 Å². The standard InChI is InChI=1S/C10H12O3/c1-3-12-10-6-4-9(5-7-10)8(2)13-11/h3-8,11H,1H2,2H3. The van der Waals surface area contributed by atoms with E-state index in [0.29, 0.717) is 5.75 Å². The topological polar surface area (TPSA) is 38.7 Å². The van der Waals surface area contributed by atoms with E-state index in [9.17, 15) is 0 Å². The molecule has 0 aliphatic carbocycles. The molecular formula is C10H12O3. The minimum atomic E-state index is -0.321. The van der Waals surface area contributed by atoms with Gasteiger partial charge < -0.3 is 4.74 Å². The van der Waals surface area contributed by atoms with E-state index in [2.05, 4.69) is 11.5 Å². The van der Waals surface area contributed by atoms with E-state index in [1.165, 1.54) is 6.26 Å². The first kappa shape index (κ1) is 9.77. The molecule has 1 aromatic rings. The quantitative estimate of drug-likeness (QED) is 0.440. The van der Waals surface area contributed by atoms with Crippen LogP contribution in [-0.2, 0) is 4.89 Å². The van der Waals surface area contributed by atoms with Crippen LogP contribution in [0.5, 0.6) is 5.75 Å². The van der Waals surface area contributed by atoms with Gasteiger partial charge in [-0.3, -0.25) is 5.26 Å². The molecule has 1 atom stereocenters. The van der Waals surface area contributed by atoms with Crippen LogP contribution in [0.2, 0.25) is 0 Å². The van der Waals surface area contributed by atoms with Gasteiger partial charge in [-0.25, -0.2) is 4.89 Å². The van der Waals surface area contributed by atoms with Crippen LogP contribution in [0.25, 0.3) is 0 Å². The molecule has 0 amide bonds. The highest BCUT2D eigenvalue weighted by molar-refractivity contribution is 5.28. The zero-order chi connectivity index (χ0) is 9.68. The molecule has 0 radical (unpaired) electrons. The Kier molecular flexibility index (Phi) is 3.49. The molecule has 0 aliphatic rings. The molecule has 0 heterocycles. The van der Waals surface area contributed by atoms with Crippen LogP contribution in [0.15, 0.2) is 37.1 Å². The lowest BCUT2D eigenvalue weighted by atomic mass is 10.1. The smallest absolute Gasteiger partial charge is 0.126 e. The summed E-state index contributed by atoms with van der Waals surface area (Å²) in [5.74, 6) is 0.712. The molecule has 1 aromatic carbocycles. The second kappa shape index (κ2) is 4.64. The Labute approximate surface area is 77.2 Å². The number of rotatable bonds is 4. The average Bonchev–Trinajstić information content (AvgIpc) is 2.18. The van der Waals surface area contributed by atoms with Crippen molar-refractivity contribution in [2.24, 2.45) is 0 Å². The molecule has 1 N–H and O–H groups in total. The molecule has 1 rings (SSSR count). The Morgan fingerprint density at radius 1 is 1.38 bits per heavy atom. The Bertz CT molecular complexity index is 266. The van der Waals surface area contributed by atoms with Gasteiger partial charge in [0.2, 0.25) is 0 Å². The predicted molar refractivity (Wildman–Crippen MR) is 49.4 cm³/mol. The predicted octanol–water partition coefficient (Wildman–Crippen LogP) is 2.76. The first-order valence-electron chi connectivity index (χ1n) is 3.95. The SMILES string of the molecule is C=COc1ccc(C(C)OO)cc1. The monoisotopic (exact) mass is 180 g/mol. The Balaban J connectivity index is 2.74. The van der Waals surface area contributed by atoms with Crippen LogP contribution in [0, 0.1) is 0 Å². The highest BCUT2D eigenvalue weighted by atomic mass is 17.1. The van der Waals surface area contributed by atoms with Gasteiger partial charge in [-0.2, -0.15) is 0 Å². The van der Waals surface area contributed by atoms with Crippen molar-refractivity contribution < 1.29 is 14.9 Å². The molecule has 0 saturated carbocycles. The minimum absolute atomic E-state index is 0.321.